The van der Waals surface area contributed by atoms with E-state index in [1.54, 1.807) is 37.3 Å². The highest BCUT2D eigenvalue weighted by Gasteiger charge is 2.42. The van der Waals surface area contributed by atoms with Crippen LogP contribution in [0.15, 0.2) is 77.6 Å². The van der Waals surface area contributed by atoms with Crippen molar-refractivity contribution in [2.75, 3.05) is 0 Å². The Bertz CT molecular complexity index is 1580. The maximum Gasteiger partial charge on any atom is 0.143 e. The second-order valence-electron chi connectivity index (χ2n) is 8.95. The van der Waals surface area contributed by atoms with Crippen LogP contribution in [-0.2, 0) is 18.8 Å². The molecule has 12 heteroatoms. The van der Waals surface area contributed by atoms with E-state index in [0.29, 0.717) is 34.2 Å². The Balaban J connectivity index is 1.35. The van der Waals surface area contributed by atoms with E-state index < -0.39 is 23.2 Å². The molecule has 0 saturated heterocycles. The predicted molar refractivity (Wildman–Crippen MR) is 139 cm³/mol. The van der Waals surface area contributed by atoms with Gasteiger partial charge in [0.1, 0.15) is 47.4 Å². The molecule has 0 saturated carbocycles. The van der Waals surface area contributed by atoms with E-state index in [-0.39, 0.29) is 17.9 Å². The van der Waals surface area contributed by atoms with Crippen molar-refractivity contribution in [2.24, 2.45) is 0 Å². The molecule has 39 heavy (non-hydrogen) atoms. The Morgan fingerprint density at radius 1 is 1.03 bits per heavy atom. The standard InChI is InChI=1S/C27H21Cl2F2N5O3/c1-16(27(37,14-36-15-32-34-35-36)21-8-5-19(30)11-24(21)31)26-12-25(33-39-26)18-3-6-20(7-4-18)38-13-17-2-9-22(28)23(29)10-17/h2-12,15-16,37H,13-14H2,1H3/t16-,27+/m0/s1. The van der Waals surface area contributed by atoms with Crippen molar-refractivity contribution in [1.82, 2.24) is 25.4 Å². The number of nitrogens with zero attached hydrogens (tertiary/aromatic N) is 5. The number of ether oxygens (including phenoxy) is 1. The topological polar surface area (TPSA) is 99.1 Å². The lowest BCUT2D eigenvalue weighted by molar-refractivity contribution is -0.0185. The van der Waals surface area contributed by atoms with Crippen LogP contribution in [0.5, 0.6) is 5.75 Å². The summed E-state index contributed by atoms with van der Waals surface area (Å²) in [7, 11) is 0. The summed E-state index contributed by atoms with van der Waals surface area (Å²) >= 11 is 12.0. The Kier molecular flexibility index (Phi) is 7.60. The number of halogens is 4. The van der Waals surface area contributed by atoms with E-state index in [9.17, 15) is 13.9 Å². The van der Waals surface area contributed by atoms with Gasteiger partial charge in [0.2, 0.25) is 0 Å². The van der Waals surface area contributed by atoms with E-state index in [2.05, 4.69) is 20.7 Å². The zero-order valence-corrected chi connectivity index (χ0v) is 21.9. The van der Waals surface area contributed by atoms with Crippen LogP contribution in [-0.4, -0.2) is 30.5 Å². The quantitative estimate of drug-likeness (QED) is 0.225. The van der Waals surface area contributed by atoms with Crippen molar-refractivity contribution in [2.45, 2.75) is 31.6 Å². The first-order valence-electron chi connectivity index (χ1n) is 11.8. The third-order valence-electron chi connectivity index (χ3n) is 6.40. The van der Waals surface area contributed by atoms with Gasteiger partial charge in [-0.25, -0.2) is 13.5 Å². The Hall–Kier alpha value is -3.86. The third kappa shape index (κ3) is 5.78. The van der Waals surface area contributed by atoms with Crippen LogP contribution in [0.25, 0.3) is 11.3 Å². The number of hydrogen-bond acceptors (Lipinski definition) is 7. The molecule has 200 valence electrons. The lowest BCUT2D eigenvalue weighted by Gasteiger charge is -2.33. The minimum absolute atomic E-state index is 0.131. The Labute approximate surface area is 231 Å². The molecule has 2 aromatic heterocycles. The molecule has 8 nitrogen and oxygen atoms in total. The van der Waals surface area contributed by atoms with Gasteiger partial charge in [0, 0.05) is 23.3 Å². The molecular formula is C27H21Cl2F2N5O3. The fourth-order valence-corrected chi connectivity index (χ4v) is 4.50. The van der Waals surface area contributed by atoms with Crippen LogP contribution >= 0.6 is 23.2 Å². The molecule has 2 heterocycles. The van der Waals surface area contributed by atoms with E-state index >= 15 is 0 Å². The van der Waals surface area contributed by atoms with Crippen molar-refractivity contribution < 1.29 is 23.1 Å². The van der Waals surface area contributed by atoms with Crippen LogP contribution in [0.1, 0.15) is 29.7 Å². The fraction of sp³-hybridized carbons (Fsp3) is 0.185. The monoisotopic (exact) mass is 571 g/mol. The summed E-state index contributed by atoms with van der Waals surface area (Å²) in [5, 5.41) is 27.7. The van der Waals surface area contributed by atoms with Gasteiger partial charge in [-0.3, -0.25) is 0 Å². The van der Waals surface area contributed by atoms with Gasteiger partial charge in [0.25, 0.3) is 0 Å². The van der Waals surface area contributed by atoms with Crippen LogP contribution in [0, 0.1) is 11.6 Å². The van der Waals surface area contributed by atoms with Crippen LogP contribution < -0.4 is 4.74 Å². The highest BCUT2D eigenvalue weighted by atomic mass is 35.5. The van der Waals surface area contributed by atoms with Gasteiger partial charge in [-0.2, -0.15) is 0 Å². The van der Waals surface area contributed by atoms with Crippen molar-refractivity contribution in [1.29, 1.82) is 0 Å². The summed E-state index contributed by atoms with van der Waals surface area (Å²) in [4.78, 5) is 0. The molecule has 3 aromatic carbocycles. The number of benzene rings is 3. The van der Waals surface area contributed by atoms with Gasteiger partial charge >= 0.3 is 0 Å². The highest BCUT2D eigenvalue weighted by molar-refractivity contribution is 6.42. The molecule has 0 amide bonds. The van der Waals surface area contributed by atoms with E-state index in [4.69, 9.17) is 32.5 Å². The molecule has 0 aliphatic carbocycles. The molecule has 0 aliphatic heterocycles. The molecule has 0 unspecified atom stereocenters. The number of rotatable bonds is 9. The second-order valence-corrected chi connectivity index (χ2v) is 9.77. The third-order valence-corrected chi connectivity index (χ3v) is 7.14. The summed E-state index contributed by atoms with van der Waals surface area (Å²) in [5.74, 6) is -1.58. The van der Waals surface area contributed by atoms with Gasteiger partial charge in [-0.05, 0) is 58.5 Å². The average Bonchev–Trinajstić information content (AvgIpc) is 3.62. The van der Waals surface area contributed by atoms with E-state index in [1.165, 1.54) is 17.1 Å². The summed E-state index contributed by atoms with van der Waals surface area (Å²) in [6.07, 6.45) is 1.29. The second kappa shape index (κ2) is 11.1. The van der Waals surface area contributed by atoms with Gasteiger partial charge in [0.15, 0.2) is 0 Å². The molecule has 0 spiro atoms. The maximum absolute atomic E-state index is 14.8. The number of hydrogen-bond donors (Lipinski definition) is 1. The zero-order valence-electron chi connectivity index (χ0n) is 20.4. The minimum Gasteiger partial charge on any atom is -0.489 e. The Morgan fingerprint density at radius 3 is 2.51 bits per heavy atom. The number of aromatic nitrogens is 5. The van der Waals surface area contributed by atoms with Gasteiger partial charge in [0.05, 0.1) is 22.5 Å². The molecule has 0 radical (unpaired) electrons. The summed E-state index contributed by atoms with van der Waals surface area (Å²) < 4.78 is 41.1. The van der Waals surface area contributed by atoms with Crippen molar-refractivity contribution >= 4 is 23.2 Å². The van der Waals surface area contributed by atoms with Gasteiger partial charge < -0.3 is 14.4 Å². The first-order chi connectivity index (χ1) is 18.7. The normalized spacial score (nSPS) is 13.7. The molecule has 5 rings (SSSR count). The zero-order chi connectivity index (χ0) is 27.6. The first kappa shape index (κ1) is 26.7. The molecule has 0 aliphatic rings. The SMILES string of the molecule is C[C@@H](c1cc(-c2ccc(OCc3ccc(Cl)c(Cl)c3)cc2)no1)[C@](O)(Cn1cnnn1)c1ccc(F)cc1F. The maximum atomic E-state index is 14.8. The molecule has 0 bridgehead atoms. The highest BCUT2D eigenvalue weighted by Crippen LogP contribution is 2.40. The van der Waals surface area contributed by atoms with Crippen molar-refractivity contribution in [3.63, 3.8) is 0 Å². The van der Waals surface area contributed by atoms with Gasteiger partial charge in [-0.1, -0.05) is 47.4 Å². The smallest absolute Gasteiger partial charge is 0.143 e. The van der Waals surface area contributed by atoms with Gasteiger partial charge in [-0.15, -0.1) is 5.10 Å². The molecular weight excluding hydrogens is 551 g/mol. The summed E-state index contributed by atoms with van der Waals surface area (Å²) in [6.45, 7) is 1.74. The largest absolute Gasteiger partial charge is 0.489 e. The van der Waals surface area contributed by atoms with Crippen LogP contribution in [0.3, 0.4) is 0 Å². The average molecular weight is 572 g/mol. The number of aliphatic hydroxyl groups is 1. The van der Waals surface area contributed by atoms with E-state index in [0.717, 1.165) is 17.2 Å². The lowest BCUT2D eigenvalue weighted by atomic mass is 9.80. The summed E-state index contributed by atoms with van der Waals surface area (Å²) in [5.41, 5.74) is 0.0728. The summed E-state index contributed by atoms with van der Waals surface area (Å²) in [6, 6.07) is 17.1. The number of tetrazole rings is 1. The first-order valence-corrected chi connectivity index (χ1v) is 12.5. The molecule has 0 fully saturated rings. The lowest BCUT2D eigenvalue weighted by Crippen LogP contribution is -2.38. The van der Waals surface area contributed by atoms with Crippen molar-refractivity contribution in [3.05, 3.63) is 112 Å². The molecule has 5 aromatic rings. The molecule has 2 atom stereocenters. The minimum atomic E-state index is -1.90. The van der Waals surface area contributed by atoms with E-state index in [1.807, 2.05) is 18.2 Å². The van der Waals surface area contributed by atoms with Crippen LogP contribution in [0.4, 0.5) is 8.78 Å². The molecule has 1 N–H and O–H groups in total. The van der Waals surface area contributed by atoms with Crippen LogP contribution in [0.2, 0.25) is 10.0 Å². The Morgan fingerprint density at radius 2 is 1.82 bits per heavy atom. The predicted octanol–water partition coefficient (Wildman–Crippen LogP) is 6.18. The van der Waals surface area contributed by atoms with Crippen molar-refractivity contribution in [3.8, 4) is 17.0 Å². The fourth-order valence-electron chi connectivity index (χ4n) is 4.18.